The molecule has 7 nitrogen and oxygen atoms in total. The van der Waals surface area contributed by atoms with E-state index in [0.29, 0.717) is 25.6 Å². The van der Waals surface area contributed by atoms with Crippen molar-refractivity contribution in [3.05, 3.63) is 41.6 Å². The Morgan fingerprint density at radius 2 is 1.92 bits per heavy atom. The number of nitrogens with zero attached hydrogens (tertiary/aromatic N) is 2. The first-order valence-corrected chi connectivity index (χ1v) is 8.06. The van der Waals surface area contributed by atoms with Crippen LogP contribution in [0.15, 0.2) is 30.3 Å². The summed E-state index contributed by atoms with van der Waals surface area (Å²) in [5.74, 6) is 1.65. The maximum absolute atomic E-state index is 11.4. The molecular weight excluding hydrogens is 322 g/mol. The van der Waals surface area contributed by atoms with Crippen LogP contribution in [-0.2, 0) is 10.2 Å². The fraction of sp³-hybridized carbons (Fsp3) is 0.389. The minimum absolute atomic E-state index is 0.168. The van der Waals surface area contributed by atoms with Crippen LogP contribution in [0.4, 0.5) is 5.82 Å². The fourth-order valence-corrected chi connectivity index (χ4v) is 2.52. The zero-order valence-corrected chi connectivity index (χ0v) is 14.5. The molecule has 0 radical (unpaired) electrons. The summed E-state index contributed by atoms with van der Waals surface area (Å²) in [6.07, 6.45) is 0. The van der Waals surface area contributed by atoms with E-state index in [1.165, 1.54) is 7.11 Å². The van der Waals surface area contributed by atoms with E-state index in [1.807, 2.05) is 18.2 Å². The van der Waals surface area contributed by atoms with Gasteiger partial charge in [-0.2, -0.15) is 0 Å². The highest BCUT2D eigenvalue weighted by atomic mass is 16.6. The third kappa shape index (κ3) is 3.81. The fourth-order valence-electron chi connectivity index (χ4n) is 2.52. The lowest BCUT2D eigenvalue weighted by Crippen LogP contribution is -2.28. The Hall–Kier alpha value is -2.83. The Morgan fingerprint density at radius 1 is 1.16 bits per heavy atom. The average molecular weight is 343 g/mol. The number of carbonyl (C=O) groups is 1. The molecule has 2 aromatic rings. The Balaban J connectivity index is 1.68. The minimum Gasteiger partial charge on any atom is -0.486 e. The first kappa shape index (κ1) is 17.0. The van der Waals surface area contributed by atoms with Crippen LogP contribution >= 0.6 is 0 Å². The number of ether oxygens (including phenoxy) is 3. The summed E-state index contributed by atoms with van der Waals surface area (Å²) in [7, 11) is 1.31. The van der Waals surface area contributed by atoms with Gasteiger partial charge in [-0.3, -0.25) is 0 Å². The number of nitrogens with one attached hydrogen (secondary N) is 1. The van der Waals surface area contributed by atoms with E-state index >= 15 is 0 Å². The second kappa shape index (κ2) is 6.96. The van der Waals surface area contributed by atoms with Gasteiger partial charge in [0.1, 0.15) is 19.0 Å². The van der Waals surface area contributed by atoms with Crippen LogP contribution in [0.25, 0.3) is 0 Å². The van der Waals surface area contributed by atoms with E-state index in [9.17, 15) is 4.79 Å². The van der Waals surface area contributed by atoms with Crippen molar-refractivity contribution in [2.45, 2.75) is 19.3 Å². The van der Waals surface area contributed by atoms with Gasteiger partial charge in [-0.05, 0) is 29.8 Å². The minimum atomic E-state index is -0.504. The molecule has 0 amide bonds. The number of hydrogen-bond donors (Lipinski definition) is 1. The van der Waals surface area contributed by atoms with E-state index in [-0.39, 0.29) is 11.1 Å². The summed E-state index contributed by atoms with van der Waals surface area (Å²) in [4.78, 5) is 11.4. The molecule has 3 rings (SSSR count). The SMILES string of the molecule is COC(=O)c1ccc(NCC(C)(C)c2ccc3c(c2)OCCO3)nn1. The lowest BCUT2D eigenvalue weighted by Gasteiger charge is -2.28. The number of fused-ring (bicyclic) bond motifs is 1. The molecule has 0 saturated heterocycles. The number of esters is 1. The van der Waals surface area contributed by atoms with Gasteiger partial charge in [-0.25, -0.2) is 4.79 Å². The molecular formula is C18H21N3O4. The van der Waals surface area contributed by atoms with Crippen molar-refractivity contribution in [3.8, 4) is 11.5 Å². The third-order valence-electron chi connectivity index (χ3n) is 4.09. The molecule has 1 aliphatic heterocycles. The number of benzene rings is 1. The normalized spacial score (nSPS) is 13.2. The molecule has 1 aliphatic rings. The molecule has 0 atom stereocenters. The molecule has 0 unspecified atom stereocenters. The molecule has 0 bridgehead atoms. The maximum Gasteiger partial charge on any atom is 0.358 e. The predicted octanol–water partition coefficient (Wildman–Crippen LogP) is 2.42. The van der Waals surface area contributed by atoms with Crippen LogP contribution in [0, 0.1) is 0 Å². The highest BCUT2D eigenvalue weighted by Crippen LogP contribution is 2.35. The molecule has 7 heteroatoms. The third-order valence-corrected chi connectivity index (χ3v) is 4.09. The highest BCUT2D eigenvalue weighted by Gasteiger charge is 2.23. The predicted molar refractivity (Wildman–Crippen MR) is 92.3 cm³/mol. The molecule has 1 aromatic carbocycles. The number of carbonyl (C=O) groups excluding carboxylic acids is 1. The van der Waals surface area contributed by atoms with Crippen molar-refractivity contribution >= 4 is 11.8 Å². The average Bonchev–Trinajstić information content (AvgIpc) is 2.66. The van der Waals surface area contributed by atoms with Gasteiger partial charge in [0.05, 0.1) is 7.11 Å². The van der Waals surface area contributed by atoms with Crippen LogP contribution in [0.5, 0.6) is 11.5 Å². The maximum atomic E-state index is 11.4. The van der Waals surface area contributed by atoms with Gasteiger partial charge in [0.2, 0.25) is 0 Å². The van der Waals surface area contributed by atoms with Crippen molar-refractivity contribution in [3.63, 3.8) is 0 Å². The van der Waals surface area contributed by atoms with Crippen molar-refractivity contribution in [1.82, 2.24) is 10.2 Å². The second-order valence-corrected chi connectivity index (χ2v) is 6.39. The quantitative estimate of drug-likeness (QED) is 0.835. The first-order chi connectivity index (χ1) is 12.0. The number of methoxy groups -OCH3 is 1. The van der Waals surface area contributed by atoms with E-state index in [4.69, 9.17) is 9.47 Å². The number of anilines is 1. The van der Waals surface area contributed by atoms with Gasteiger partial charge >= 0.3 is 5.97 Å². The molecule has 25 heavy (non-hydrogen) atoms. The molecule has 0 saturated carbocycles. The number of aromatic nitrogens is 2. The zero-order valence-electron chi connectivity index (χ0n) is 14.5. The van der Waals surface area contributed by atoms with Crippen molar-refractivity contribution in [1.29, 1.82) is 0 Å². The van der Waals surface area contributed by atoms with Gasteiger partial charge in [-0.15, -0.1) is 10.2 Å². The summed E-state index contributed by atoms with van der Waals surface area (Å²) in [5, 5.41) is 11.1. The summed E-state index contributed by atoms with van der Waals surface area (Å²) >= 11 is 0. The van der Waals surface area contributed by atoms with Crippen molar-refractivity contribution in [2.24, 2.45) is 0 Å². The lowest BCUT2D eigenvalue weighted by atomic mass is 9.84. The van der Waals surface area contributed by atoms with Gasteiger partial charge in [0, 0.05) is 12.0 Å². The Labute approximate surface area is 146 Å². The van der Waals surface area contributed by atoms with Gasteiger partial charge < -0.3 is 19.5 Å². The molecule has 1 N–H and O–H groups in total. The van der Waals surface area contributed by atoms with Crippen LogP contribution in [0.1, 0.15) is 29.9 Å². The van der Waals surface area contributed by atoms with Crippen LogP contribution in [0.3, 0.4) is 0 Å². The van der Waals surface area contributed by atoms with Gasteiger partial charge in [0.15, 0.2) is 17.2 Å². The number of rotatable bonds is 5. The standard InChI is InChI=1S/C18H21N3O4/c1-18(2,12-4-6-14-15(10-12)25-9-8-24-14)11-19-16-7-5-13(20-21-16)17(22)23-3/h4-7,10H,8-9,11H2,1-3H3,(H,19,21). The van der Waals surface area contributed by atoms with Crippen LogP contribution < -0.4 is 14.8 Å². The Morgan fingerprint density at radius 3 is 2.60 bits per heavy atom. The number of hydrogen-bond acceptors (Lipinski definition) is 7. The molecule has 2 heterocycles. The second-order valence-electron chi connectivity index (χ2n) is 6.39. The van der Waals surface area contributed by atoms with Crippen molar-refractivity contribution in [2.75, 3.05) is 32.2 Å². The van der Waals surface area contributed by atoms with Crippen LogP contribution in [0.2, 0.25) is 0 Å². The van der Waals surface area contributed by atoms with E-state index in [0.717, 1.165) is 17.1 Å². The molecule has 1 aromatic heterocycles. The molecule has 0 spiro atoms. The molecule has 132 valence electrons. The summed E-state index contributed by atoms with van der Waals surface area (Å²) in [6.45, 7) is 6.04. The smallest absolute Gasteiger partial charge is 0.358 e. The monoisotopic (exact) mass is 343 g/mol. The summed E-state index contributed by atoms with van der Waals surface area (Å²) in [6, 6.07) is 9.29. The Kier molecular flexibility index (Phi) is 4.74. The van der Waals surface area contributed by atoms with Gasteiger partial charge in [-0.1, -0.05) is 19.9 Å². The zero-order chi connectivity index (χ0) is 17.9. The van der Waals surface area contributed by atoms with E-state index in [2.05, 4.69) is 34.1 Å². The molecule has 0 fully saturated rings. The van der Waals surface area contributed by atoms with E-state index < -0.39 is 5.97 Å². The Bertz CT molecular complexity index is 759. The molecule has 0 aliphatic carbocycles. The highest BCUT2D eigenvalue weighted by molar-refractivity contribution is 5.86. The topological polar surface area (TPSA) is 82.6 Å². The van der Waals surface area contributed by atoms with Crippen LogP contribution in [-0.4, -0.2) is 43.0 Å². The lowest BCUT2D eigenvalue weighted by molar-refractivity contribution is 0.0592. The first-order valence-electron chi connectivity index (χ1n) is 8.06. The van der Waals surface area contributed by atoms with Crippen molar-refractivity contribution < 1.29 is 19.0 Å². The summed E-state index contributed by atoms with van der Waals surface area (Å²) < 4.78 is 15.8. The summed E-state index contributed by atoms with van der Waals surface area (Å²) in [5.41, 5.74) is 1.14. The largest absolute Gasteiger partial charge is 0.486 e. The van der Waals surface area contributed by atoms with Gasteiger partial charge in [0.25, 0.3) is 0 Å². The van der Waals surface area contributed by atoms with E-state index in [1.54, 1.807) is 12.1 Å².